The molecule has 2 saturated carbocycles. The van der Waals surface area contributed by atoms with E-state index >= 15 is 0 Å². The van der Waals surface area contributed by atoms with E-state index < -0.39 is 6.10 Å². The first kappa shape index (κ1) is 17.2. The van der Waals surface area contributed by atoms with E-state index in [4.69, 9.17) is 10.5 Å². The number of hydrogen-bond donors (Lipinski definition) is 3. The van der Waals surface area contributed by atoms with Gasteiger partial charge < -0.3 is 20.9 Å². The Morgan fingerprint density at radius 3 is 2.67 bits per heavy atom. The zero-order valence-electron chi connectivity index (χ0n) is 14.3. The van der Waals surface area contributed by atoms with E-state index in [9.17, 15) is 9.90 Å². The number of nitrogens with one attached hydrogen (secondary N) is 1. The third kappa shape index (κ3) is 3.57. The van der Waals surface area contributed by atoms with Crippen LogP contribution in [-0.2, 0) is 4.79 Å². The minimum absolute atomic E-state index is 0.0324. The van der Waals surface area contributed by atoms with Gasteiger partial charge in [0.1, 0.15) is 5.75 Å². The SMILES string of the molecule is COc1ccccc1C(O)CNC(=O)C1CC2CCCC(C1)C2N. The monoisotopic (exact) mass is 332 g/mol. The number of aliphatic hydroxyl groups excluding tert-OH is 1. The molecule has 0 heterocycles. The maximum atomic E-state index is 12.5. The van der Waals surface area contributed by atoms with Crippen LogP contribution in [0.25, 0.3) is 0 Å². The summed E-state index contributed by atoms with van der Waals surface area (Å²) in [5.41, 5.74) is 6.99. The van der Waals surface area contributed by atoms with E-state index in [1.54, 1.807) is 7.11 Å². The molecule has 5 nitrogen and oxygen atoms in total. The van der Waals surface area contributed by atoms with Gasteiger partial charge in [-0.1, -0.05) is 24.6 Å². The fraction of sp³-hybridized carbons (Fsp3) is 0.632. The minimum Gasteiger partial charge on any atom is -0.496 e. The number of nitrogens with two attached hydrogens (primary N) is 1. The lowest BCUT2D eigenvalue weighted by Crippen LogP contribution is -2.49. The second-order valence-corrected chi connectivity index (χ2v) is 7.20. The number of methoxy groups -OCH3 is 1. The van der Waals surface area contributed by atoms with Crippen LogP contribution in [-0.4, -0.2) is 30.7 Å². The van der Waals surface area contributed by atoms with Crippen molar-refractivity contribution in [3.8, 4) is 5.75 Å². The topological polar surface area (TPSA) is 84.6 Å². The molecule has 2 aliphatic carbocycles. The van der Waals surface area contributed by atoms with Crippen LogP contribution in [0, 0.1) is 17.8 Å². The Kier molecular flexibility index (Phi) is 5.41. The predicted molar refractivity (Wildman–Crippen MR) is 92.5 cm³/mol. The number of rotatable bonds is 5. The molecular formula is C19H28N2O3. The molecule has 3 rings (SSSR count). The van der Waals surface area contributed by atoms with Gasteiger partial charge in [0, 0.05) is 24.1 Å². The largest absolute Gasteiger partial charge is 0.496 e. The van der Waals surface area contributed by atoms with Gasteiger partial charge in [-0.3, -0.25) is 4.79 Å². The number of aliphatic hydroxyl groups is 1. The van der Waals surface area contributed by atoms with Crippen LogP contribution in [0.1, 0.15) is 43.8 Å². The zero-order chi connectivity index (χ0) is 17.1. The molecule has 2 aliphatic rings. The highest BCUT2D eigenvalue weighted by Gasteiger charge is 2.40. The molecule has 1 amide bonds. The van der Waals surface area contributed by atoms with Gasteiger partial charge in [0.15, 0.2) is 0 Å². The highest BCUT2D eigenvalue weighted by molar-refractivity contribution is 5.78. The molecule has 2 bridgehead atoms. The third-order valence-corrected chi connectivity index (χ3v) is 5.75. The van der Waals surface area contributed by atoms with Gasteiger partial charge in [-0.15, -0.1) is 0 Å². The average molecular weight is 332 g/mol. The molecule has 0 aliphatic heterocycles. The standard InChI is InChI=1S/C19H28N2O3/c1-24-17-8-3-2-7-15(17)16(22)11-21-19(23)14-9-12-5-4-6-13(10-14)18(12)20/h2-3,7-8,12-14,16,18,22H,4-6,9-11,20H2,1H3,(H,21,23). The zero-order valence-corrected chi connectivity index (χ0v) is 14.3. The van der Waals surface area contributed by atoms with Crippen molar-refractivity contribution in [1.82, 2.24) is 5.32 Å². The molecule has 0 aromatic heterocycles. The number of carbonyl (C=O) groups excluding carboxylic acids is 1. The van der Waals surface area contributed by atoms with Crippen LogP contribution in [0.3, 0.4) is 0 Å². The number of amides is 1. The van der Waals surface area contributed by atoms with Crippen LogP contribution < -0.4 is 15.8 Å². The van der Waals surface area contributed by atoms with Crippen molar-refractivity contribution in [1.29, 1.82) is 0 Å². The Morgan fingerprint density at radius 2 is 2.00 bits per heavy atom. The van der Waals surface area contributed by atoms with Crippen LogP contribution in [0.4, 0.5) is 0 Å². The van der Waals surface area contributed by atoms with Crippen LogP contribution in [0.5, 0.6) is 5.75 Å². The predicted octanol–water partition coefficient (Wildman–Crippen LogP) is 2.00. The van der Waals surface area contributed by atoms with Gasteiger partial charge in [0.05, 0.1) is 13.2 Å². The van der Waals surface area contributed by atoms with Crippen molar-refractivity contribution in [2.45, 2.75) is 44.2 Å². The van der Waals surface area contributed by atoms with Crippen molar-refractivity contribution in [2.24, 2.45) is 23.5 Å². The third-order valence-electron chi connectivity index (χ3n) is 5.75. The summed E-state index contributed by atoms with van der Waals surface area (Å²) < 4.78 is 5.27. The lowest BCUT2D eigenvalue weighted by Gasteiger charge is -2.43. The summed E-state index contributed by atoms with van der Waals surface area (Å²) in [5, 5.41) is 13.3. The van der Waals surface area contributed by atoms with Crippen molar-refractivity contribution in [3.05, 3.63) is 29.8 Å². The summed E-state index contributed by atoms with van der Waals surface area (Å²) in [7, 11) is 1.58. The second-order valence-electron chi connectivity index (χ2n) is 7.20. The Hall–Kier alpha value is -1.59. The maximum absolute atomic E-state index is 12.5. The molecule has 2 fully saturated rings. The van der Waals surface area contributed by atoms with Crippen molar-refractivity contribution in [3.63, 3.8) is 0 Å². The normalized spacial score (nSPS) is 30.5. The number of hydrogen-bond acceptors (Lipinski definition) is 4. The van der Waals surface area contributed by atoms with Gasteiger partial charge in [0.2, 0.25) is 5.91 Å². The first-order valence-electron chi connectivity index (χ1n) is 8.94. The lowest BCUT2D eigenvalue weighted by atomic mass is 9.65. The molecule has 3 atom stereocenters. The van der Waals surface area contributed by atoms with Crippen molar-refractivity contribution in [2.75, 3.05) is 13.7 Å². The average Bonchev–Trinajstić information content (AvgIpc) is 2.59. The number of carbonyl (C=O) groups is 1. The Labute approximate surface area is 143 Å². The Morgan fingerprint density at radius 1 is 1.33 bits per heavy atom. The van der Waals surface area contributed by atoms with E-state index in [-0.39, 0.29) is 24.4 Å². The highest BCUT2D eigenvalue weighted by Crippen LogP contribution is 2.41. The quantitative estimate of drug-likeness (QED) is 0.770. The van der Waals surface area contributed by atoms with Crippen molar-refractivity contribution < 1.29 is 14.6 Å². The molecule has 0 saturated heterocycles. The lowest BCUT2D eigenvalue weighted by molar-refractivity contribution is -0.128. The first-order valence-corrected chi connectivity index (χ1v) is 8.94. The Bertz CT molecular complexity index is 563. The summed E-state index contributed by atoms with van der Waals surface area (Å²) in [6.07, 6.45) is 4.53. The smallest absolute Gasteiger partial charge is 0.223 e. The molecule has 132 valence electrons. The van der Waals surface area contributed by atoms with Crippen molar-refractivity contribution >= 4 is 5.91 Å². The van der Waals surface area contributed by atoms with Gasteiger partial charge in [-0.2, -0.15) is 0 Å². The van der Waals surface area contributed by atoms with Crippen LogP contribution in [0.2, 0.25) is 0 Å². The van der Waals surface area contributed by atoms with Crippen LogP contribution in [0.15, 0.2) is 24.3 Å². The van der Waals surface area contributed by atoms with Crippen LogP contribution >= 0.6 is 0 Å². The van der Waals surface area contributed by atoms with Gasteiger partial charge in [-0.05, 0) is 43.6 Å². The molecule has 24 heavy (non-hydrogen) atoms. The van der Waals surface area contributed by atoms with Gasteiger partial charge in [-0.25, -0.2) is 0 Å². The number of ether oxygens (including phenoxy) is 1. The molecule has 0 spiro atoms. The first-order chi connectivity index (χ1) is 11.6. The molecule has 0 radical (unpaired) electrons. The molecule has 5 heteroatoms. The Balaban J connectivity index is 1.56. The van der Waals surface area contributed by atoms with E-state index in [1.165, 1.54) is 6.42 Å². The number of para-hydroxylation sites is 1. The molecule has 1 aromatic carbocycles. The minimum atomic E-state index is -0.768. The number of benzene rings is 1. The van der Waals surface area contributed by atoms with E-state index in [1.807, 2.05) is 24.3 Å². The molecule has 3 unspecified atom stereocenters. The molecular weight excluding hydrogens is 304 g/mol. The fourth-order valence-corrected chi connectivity index (χ4v) is 4.40. The molecule has 4 N–H and O–H groups in total. The summed E-state index contributed by atoms with van der Waals surface area (Å²) >= 11 is 0. The maximum Gasteiger partial charge on any atom is 0.223 e. The van der Waals surface area contributed by atoms with Gasteiger partial charge in [0.25, 0.3) is 0 Å². The second kappa shape index (κ2) is 7.53. The van der Waals surface area contributed by atoms with Gasteiger partial charge >= 0.3 is 0 Å². The summed E-state index contributed by atoms with van der Waals surface area (Å²) in [5.74, 6) is 1.68. The number of fused-ring (bicyclic) bond motifs is 2. The fourth-order valence-electron chi connectivity index (χ4n) is 4.40. The summed E-state index contributed by atoms with van der Waals surface area (Å²) in [6.45, 7) is 0.205. The van der Waals surface area contributed by atoms with E-state index in [0.29, 0.717) is 23.1 Å². The molecule has 1 aromatic rings. The summed E-state index contributed by atoms with van der Waals surface area (Å²) in [6, 6.07) is 7.61. The summed E-state index contributed by atoms with van der Waals surface area (Å²) in [4.78, 5) is 12.5. The van der Waals surface area contributed by atoms with E-state index in [2.05, 4.69) is 5.32 Å². The van der Waals surface area contributed by atoms with E-state index in [0.717, 1.165) is 25.7 Å². The highest BCUT2D eigenvalue weighted by atomic mass is 16.5.